The largest absolute Gasteiger partial charge is 0.363 e. The molecule has 23 heavy (non-hydrogen) atoms. The summed E-state index contributed by atoms with van der Waals surface area (Å²) in [6.07, 6.45) is 1.84. The maximum Gasteiger partial charge on any atom is 0.227 e. The molecule has 2 heterocycles. The number of nitrogens with zero attached hydrogens (tertiary/aromatic N) is 4. The summed E-state index contributed by atoms with van der Waals surface area (Å²) in [6, 6.07) is 12.6. The number of aromatic nitrogens is 2. The molecule has 0 amide bonds. The molecule has 5 nitrogen and oxygen atoms in total. The molecule has 1 fully saturated rings. The normalized spacial score (nSPS) is 17.0. The van der Waals surface area contributed by atoms with Crippen LogP contribution in [0.15, 0.2) is 42.6 Å². The highest BCUT2D eigenvalue weighted by Gasteiger charge is 2.18. The Morgan fingerprint density at radius 2 is 1.83 bits per heavy atom. The molecular weight excluding hydrogens is 286 g/mol. The van der Waals surface area contributed by atoms with Crippen molar-refractivity contribution in [2.45, 2.75) is 19.9 Å². The van der Waals surface area contributed by atoms with Crippen LogP contribution in [0.25, 0.3) is 0 Å². The Kier molecular flexibility index (Phi) is 5.08. The first-order chi connectivity index (χ1) is 11.3. The smallest absolute Gasteiger partial charge is 0.227 e. The highest BCUT2D eigenvalue weighted by Crippen LogP contribution is 2.19. The summed E-state index contributed by atoms with van der Waals surface area (Å²) in [6.45, 7) is 9.62. The maximum absolute atomic E-state index is 4.70. The standard InChI is InChI=1S/C18H25N5/c1-3-22-11-13-23(14-12-22)18-19-10-9-17(21-18)20-15(2)16-7-5-4-6-8-16/h4-10,15H,3,11-14H2,1-2H3,(H,19,20,21). The lowest BCUT2D eigenvalue weighted by Gasteiger charge is -2.34. The second-order valence-electron chi connectivity index (χ2n) is 5.94. The molecule has 0 spiro atoms. The van der Waals surface area contributed by atoms with Crippen molar-refractivity contribution in [2.24, 2.45) is 0 Å². The van der Waals surface area contributed by atoms with Crippen molar-refractivity contribution < 1.29 is 0 Å². The average Bonchev–Trinajstić information content (AvgIpc) is 2.63. The molecule has 3 rings (SSSR count). The first kappa shape index (κ1) is 15.7. The average molecular weight is 311 g/mol. The van der Waals surface area contributed by atoms with E-state index >= 15 is 0 Å². The van der Waals surface area contributed by atoms with Crippen LogP contribution in [0, 0.1) is 0 Å². The minimum absolute atomic E-state index is 0.218. The van der Waals surface area contributed by atoms with Crippen molar-refractivity contribution >= 4 is 11.8 Å². The number of hydrogen-bond donors (Lipinski definition) is 1. The quantitative estimate of drug-likeness (QED) is 0.920. The number of hydrogen-bond acceptors (Lipinski definition) is 5. The zero-order valence-corrected chi connectivity index (χ0v) is 13.9. The first-order valence-electron chi connectivity index (χ1n) is 8.38. The van der Waals surface area contributed by atoms with E-state index in [1.165, 1.54) is 5.56 Å². The molecule has 1 N–H and O–H groups in total. The molecule has 1 aromatic heterocycles. The summed E-state index contributed by atoms with van der Waals surface area (Å²) in [7, 11) is 0. The monoisotopic (exact) mass is 311 g/mol. The fraction of sp³-hybridized carbons (Fsp3) is 0.444. The second-order valence-corrected chi connectivity index (χ2v) is 5.94. The van der Waals surface area contributed by atoms with Crippen LogP contribution in [0.5, 0.6) is 0 Å². The Bertz CT molecular complexity index is 608. The van der Waals surface area contributed by atoms with Crippen molar-refractivity contribution in [3.63, 3.8) is 0 Å². The van der Waals surface area contributed by atoms with Gasteiger partial charge in [-0.15, -0.1) is 0 Å². The van der Waals surface area contributed by atoms with E-state index < -0.39 is 0 Å². The molecule has 0 radical (unpaired) electrons. The lowest BCUT2D eigenvalue weighted by Crippen LogP contribution is -2.46. The molecule has 1 aliphatic heterocycles. The Labute approximate surface area is 138 Å². The summed E-state index contributed by atoms with van der Waals surface area (Å²) in [5, 5.41) is 3.47. The molecule has 1 atom stereocenters. The molecular formula is C18H25N5. The molecule has 1 aliphatic rings. The molecule has 2 aromatic rings. The van der Waals surface area contributed by atoms with Gasteiger partial charge in [0.15, 0.2) is 0 Å². The molecule has 0 aliphatic carbocycles. The van der Waals surface area contributed by atoms with Gasteiger partial charge in [0.05, 0.1) is 0 Å². The molecule has 1 saturated heterocycles. The van der Waals surface area contributed by atoms with Crippen molar-refractivity contribution in [3.05, 3.63) is 48.2 Å². The van der Waals surface area contributed by atoms with Crippen molar-refractivity contribution in [1.82, 2.24) is 14.9 Å². The van der Waals surface area contributed by atoms with Crippen LogP contribution in [0.2, 0.25) is 0 Å². The molecule has 1 aromatic carbocycles. The van der Waals surface area contributed by atoms with Gasteiger partial charge in [0.2, 0.25) is 5.95 Å². The molecule has 0 saturated carbocycles. The zero-order chi connectivity index (χ0) is 16.1. The predicted molar refractivity (Wildman–Crippen MR) is 94.8 cm³/mol. The molecule has 5 heteroatoms. The zero-order valence-electron chi connectivity index (χ0n) is 13.9. The van der Waals surface area contributed by atoms with E-state index in [4.69, 9.17) is 4.98 Å². The van der Waals surface area contributed by atoms with Gasteiger partial charge in [0.1, 0.15) is 5.82 Å². The van der Waals surface area contributed by atoms with Gasteiger partial charge in [0, 0.05) is 38.4 Å². The van der Waals surface area contributed by atoms with Gasteiger partial charge in [-0.2, -0.15) is 4.98 Å². The van der Waals surface area contributed by atoms with Gasteiger partial charge in [-0.3, -0.25) is 0 Å². The fourth-order valence-electron chi connectivity index (χ4n) is 2.89. The van der Waals surface area contributed by atoms with E-state index in [1.54, 1.807) is 0 Å². The highest BCUT2D eigenvalue weighted by atomic mass is 15.3. The Balaban J connectivity index is 1.66. The lowest BCUT2D eigenvalue weighted by atomic mass is 10.1. The Morgan fingerprint density at radius 1 is 1.09 bits per heavy atom. The predicted octanol–water partition coefficient (Wildman–Crippen LogP) is 2.79. The third-order valence-corrected chi connectivity index (χ3v) is 4.41. The Hall–Kier alpha value is -2.14. The number of piperazine rings is 1. The molecule has 122 valence electrons. The van der Waals surface area contributed by atoms with Crippen molar-refractivity contribution in [1.29, 1.82) is 0 Å². The number of benzene rings is 1. The van der Waals surface area contributed by atoms with E-state index in [2.05, 4.69) is 58.2 Å². The Morgan fingerprint density at radius 3 is 2.52 bits per heavy atom. The molecule has 1 unspecified atom stereocenters. The number of likely N-dealkylation sites (N-methyl/N-ethyl adjacent to an activating group) is 1. The number of nitrogens with one attached hydrogen (secondary N) is 1. The van der Waals surface area contributed by atoms with Crippen LogP contribution in [-0.4, -0.2) is 47.6 Å². The highest BCUT2D eigenvalue weighted by molar-refractivity contribution is 5.43. The summed E-state index contributed by atoms with van der Waals surface area (Å²) in [4.78, 5) is 13.9. The summed E-state index contributed by atoms with van der Waals surface area (Å²) < 4.78 is 0. The SMILES string of the molecule is CCN1CCN(c2nccc(NC(C)c3ccccc3)n2)CC1. The van der Waals surface area contributed by atoms with Gasteiger partial charge in [-0.1, -0.05) is 37.3 Å². The topological polar surface area (TPSA) is 44.3 Å². The van der Waals surface area contributed by atoms with Gasteiger partial charge in [0.25, 0.3) is 0 Å². The van der Waals surface area contributed by atoms with Crippen LogP contribution in [0.1, 0.15) is 25.5 Å². The van der Waals surface area contributed by atoms with Crippen LogP contribution in [0.4, 0.5) is 11.8 Å². The lowest BCUT2D eigenvalue weighted by molar-refractivity contribution is 0.270. The van der Waals surface area contributed by atoms with Crippen LogP contribution in [0.3, 0.4) is 0 Å². The van der Waals surface area contributed by atoms with Gasteiger partial charge in [-0.25, -0.2) is 4.98 Å². The third-order valence-electron chi connectivity index (χ3n) is 4.41. The molecule has 0 bridgehead atoms. The summed E-state index contributed by atoms with van der Waals surface area (Å²) >= 11 is 0. The van der Waals surface area contributed by atoms with Crippen molar-refractivity contribution in [3.8, 4) is 0 Å². The number of rotatable bonds is 5. The van der Waals surface area contributed by atoms with E-state index in [-0.39, 0.29) is 6.04 Å². The second kappa shape index (κ2) is 7.42. The van der Waals surface area contributed by atoms with Crippen molar-refractivity contribution in [2.75, 3.05) is 42.9 Å². The van der Waals surface area contributed by atoms with E-state index in [0.717, 1.165) is 44.5 Å². The third kappa shape index (κ3) is 3.99. The number of anilines is 2. The first-order valence-corrected chi connectivity index (χ1v) is 8.38. The summed E-state index contributed by atoms with van der Waals surface area (Å²) in [5.41, 5.74) is 1.25. The van der Waals surface area contributed by atoms with Gasteiger partial charge >= 0.3 is 0 Å². The summed E-state index contributed by atoms with van der Waals surface area (Å²) in [5.74, 6) is 1.70. The minimum atomic E-state index is 0.218. The van der Waals surface area contributed by atoms with Crippen LogP contribution >= 0.6 is 0 Å². The van der Waals surface area contributed by atoms with Gasteiger partial charge < -0.3 is 15.1 Å². The van der Waals surface area contributed by atoms with Crippen LogP contribution < -0.4 is 10.2 Å². The fourth-order valence-corrected chi connectivity index (χ4v) is 2.89. The van der Waals surface area contributed by atoms with Crippen LogP contribution in [-0.2, 0) is 0 Å². The van der Waals surface area contributed by atoms with Gasteiger partial charge in [-0.05, 0) is 25.1 Å². The van der Waals surface area contributed by atoms with E-state index in [1.807, 2.05) is 18.3 Å². The van der Waals surface area contributed by atoms with E-state index in [0.29, 0.717) is 0 Å². The van der Waals surface area contributed by atoms with E-state index in [9.17, 15) is 0 Å². The minimum Gasteiger partial charge on any atom is -0.363 e. The maximum atomic E-state index is 4.70.